The lowest BCUT2D eigenvalue weighted by molar-refractivity contribution is 0.171. The van der Waals surface area contributed by atoms with Crippen molar-refractivity contribution in [3.05, 3.63) is 82.6 Å². The monoisotopic (exact) mass is 399 g/mol. The largest absolute Gasteiger partial charge is 0.489 e. The third-order valence-corrected chi connectivity index (χ3v) is 4.76. The van der Waals surface area contributed by atoms with Gasteiger partial charge in [0, 0.05) is 23.9 Å². The minimum atomic E-state index is -0.368. The van der Waals surface area contributed by atoms with Crippen LogP contribution in [0.5, 0.6) is 17.2 Å². The number of fused-ring (bicyclic) bond motifs is 1. The van der Waals surface area contributed by atoms with E-state index in [1.165, 1.54) is 6.07 Å². The SMILES string of the molecule is Fc1cccc(Cl)c1COc1ccc(CNc2ccc3c(c2)OCCO3)cc1. The van der Waals surface area contributed by atoms with Crippen molar-refractivity contribution in [1.82, 2.24) is 0 Å². The molecule has 1 N–H and O–H groups in total. The molecular weight excluding hydrogens is 381 g/mol. The molecule has 4 nitrogen and oxygen atoms in total. The molecule has 0 fully saturated rings. The Morgan fingerprint density at radius 3 is 2.54 bits per heavy atom. The number of halogens is 2. The first-order valence-electron chi connectivity index (χ1n) is 8.97. The number of hydrogen-bond acceptors (Lipinski definition) is 4. The van der Waals surface area contributed by atoms with Crippen LogP contribution in [-0.2, 0) is 13.2 Å². The molecule has 4 rings (SSSR count). The van der Waals surface area contributed by atoms with Crippen LogP contribution in [0.2, 0.25) is 5.02 Å². The van der Waals surface area contributed by atoms with Gasteiger partial charge in [-0.2, -0.15) is 0 Å². The van der Waals surface area contributed by atoms with Crippen molar-refractivity contribution >= 4 is 17.3 Å². The molecule has 28 heavy (non-hydrogen) atoms. The summed E-state index contributed by atoms with van der Waals surface area (Å²) in [6.07, 6.45) is 0. The predicted octanol–water partition coefficient (Wildman–Crippen LogP) is 5.44. The van der Waals surface area contributed by atoms with Crippen molar-refractivity contribution in [2.24, 2.45) is 0 Å². The second-order valence-electron chi connectivity index (χ2n) is 6.34. The molecular formula is C22H19ClFNO3. The lowest BCUT2D eigenvalue weighted by Crippen LogP contribution is -2.15. The van der Waals surface area contributed by atoms with Gasteiger partial charge in [0.25, 0.3) is 0 Å². The Labute approximate surface area is 167 Å². The first-order valence-corrected chi connectivity index (χ1v) is 9.35. The van der Waals surface area contributed by atoms with Gasteiger partial charge in [-0.3, -0.25) is 0 Å². The molecule has 0 bridgehead atoms. The van der Waals surface area contributed by atoms with E-state index in [-0.39, 0.29) is 12.4 Å². The smallest absolute Gasteiger partial charge is 0.163 e. The Kier molecular flexibility index (Phi) is 5.53. The van der Waals surface area contributed by atoms with Gasteiger partial charge in [0.05, 0.1) is 5.02 Å². The summed E-state index contributed by atoms with van der Waals surface area (Å²) in [6, 6.07) is 18.0. The number of hydrogen-bond donors (Lipinski definition) is 1. The molecule has 0 radical (unpaired) electrons. The Bertz CT molecular complexity index is 942. The molecule has 144 valence electrons. The molecule has 0 aromatic heterocycles. The van der Waals surface area contributed by atoms with Crippen LogP contribution in [0.4, 0.5) is 10.1 Å². The van der Waals surface area contributed by atoms with Gasteiger partial charge in [0.1, 0.15) is 31.4 Å². The maximum Gasteiger partial charge on any atom is 0.163 e. The van der Waals surface area contributed by atoms with Gasteiger partial charge in [-0.25, -0.2) is 4.39 Å². The van der Waals surface area contributed by atoms with Crippen molar-refractivity contribution in [3.8, 4) is 17.2 Å². The normalized spacial score (nSPS) is 12.5. The van der Waals surface area contributed by atoms with E-state index < -0.39 is 0 Å². The van der Waals surface area contributed by atoms with E-state index in [9.17, 15) is 4.39 Å². The summed E-state index contributed by atoms with van der Waals surface area (Å²) >= 11 is 6.02. The van der Waals surface area contributed by atoms with Crippen LogP contribution in [0, 0.1) is 5.82 Å². The molecule has 6 heteroatoms. The average Bonchev–Trinajstić information content (AvgIpc) is 2.72. The molecule has 1 aliphatic rings. The van der Waals surface area contributed by atoms with Crippen molar-refractivity contribution in [3.63, 3.8) is 0 Å². The van der Waals surface area contributed by atoms with Gasteiger partial charge in [0.2, 0.25) is 0 Å². The number of benzene rings is 3. The molecule has 0 amide bonds. The number of ether oxygens (including phenoxy) is 3. The zero-order chi connectivity index (χ0) is 19.3. The van der Waals surface area contributed by atoms with Crippen LogP contribution >= 0.6 is 11.6 Å². The van der Waals surface area contributed by atoms with Crippen LogP contribution in [-0.4, -0.2) is 13.2 Å². The first-order chi connectivity index (χ1) is 13.7. The average molecular weight is 400 g/mol. The fourth-order valence-corrected chi connectivity index (χ4v) is 3.10. The summed E-state index contributed by atoms with van der Waals surface area (Å²) < 4.78 is 30.6. The molecule has 0 atom stereocenters. The summed E-state index contributed by atoms with van der Waals surface area (Å²) in [4.78, 5) is 0. The minimum Gasteiger partial charge on any atom is -0.489 e. The van der Waals surface area contributed by atoms with Gasteiger partial charge in [-0.05, 0) is 42.0 Å². The van der Waals surface area contributed by atoms with E-state index >= 15 is 0 Å². The third-order valence-electron chi connectivity index (χ3n) is 4.41. The van der Waals surface area contributed by atoms with E-state index in [4.69, 9.17) is 25.8 Å². The maximum absolute atomic E-state index is 13.8. The highest BCUT2D eigenvalue weighted by Crippen LogP contribution is 2.32. The fraction of sp³-hybridized carbons (Fsp3) is 0.182. The van der Waals surface area contributed by atoms with Crippen LogP contribution < -0.4 is 19.5 Å². The highest BCUT2D eigenvalue weighted by molar-refractivity contribution is 6.31. The fourth-order valence-electron chi connectivity index (χ4n) is 2.89. The lowest BCUT2D eigenvalue weighted by atomic mass is 10.2. The van der Waals surface area contributed by atoms with Gasteiger partial charge < -0.3 is 19.5 Å². The Morgan fingerprint density at radius 1 is 0.964 bits per heavy atom. The van der Waals surface area contributed by atoms with Gasteiger partial charge >= 0.3 is 0 Å². The molecule has 3 aromatic rings. The molecule has 3 aromatic carbocycles. The topological polar surface area (TPSA) is 39.7 Å². The molecule has 0 unspecified atom stereocenters. The van der Waals surface area contributed by atoms with Crippen molar-refractivity contribution in [1.29, 1.82) is 0 Å². The van der Waals surface area contributed by atoms with E-state index in [0.717, 1.165) is 22.7 Å². The lowest BCUT2D eigenvalue weighted by Gasteiger charge is -2.19. The minimum absolute atomic E-state index is 0.0836. The van der Waals surface area contributed by atoms with E-state index in [0.29, 0.717) is 36.1 Å². The zero-order valence-corrected chi connectivity index (χ0v) is 15.8. The number of nitrogens with one attached hydrogen (secondary N) is 1. The van der Waals surface area contributed by atoms with Crippen molar-refractivity contribution in [2.45, 2.75) is 13.2 Å². The van der Waals surface area contributed by atoms with Crippen LogP contribution in [0.3, 0.4) is 0 Å². The first kappa shape index (κ1) is 18.4. The number of rotatable bonds is 6. The highest BCUT2D eigenvalue weighted by Gasteiger charge is 2.11. The molecule has 1 heterocycles. The van der Waals surface area contributed by atoms with Crippen molar-refractivity contribution < 1.29 is 18.6 Å². The summed E-state index contributed by atoms with van der Waals surface area (Å²) in [5.41, 5.74) is 2.40. The third kappa shape index (κ3) is 4.31. The summed E-state index contributed by atoms with van der Waals surface area (Å²) in [5.74, 6) is 1.82. The van der Waals surface area contributed by atoms with Gasteiger partial charge in [-0.15, -0.1) is 0 Å². The Balaban J connectivity index is 1.33. The zero-order valence-electron chi connectivity index (χ0n) is 15.1. The molecule has 1 aliphatic heterocycles. The van der Waals surface area contributed by atoms with Gasteiger partial charge in [-0.1, -0.05) is 29.8 Å². The molecule has 0 saturated carbocycles. The molecule has 0 aliphatic carbocycles. The van der Waals surface area contributed by atoms with Crippen LogP contribution in [0.1, 0.15) is 11.1 Å². The molecule has 0 saturated heterocycles. The molecule has 0 spiro atoms. The van der Waals surface area contributed by atoms with Crippen molar-refractivity contribution in [2.75, 3.05) is 18.5 Å². The van der Waals surface area contributed by atoms with Crippen LogP contribution in [0.15, 0.2) is 60.7 Å². The van der Waals surface area contributed by atoms with E-state index in [1.807, 2.05) is 42.5 Å². The predicted molar refractivity (Wildman–Crippen MR) is 107 cm³/mol. The second kappa shape index (κ2) is 8.40. The quantitative estimate of drug-likeness (QED) is 0.599. The standard InChI is InChI=1S/C22H19ClFNO3/c23-19-2-1-3-20(24)18(19)14-28-17-7-4-15(5-8-17)13-25-16-6-9-21-22(12-16)27-11-10-26-21/h1-9,12,25H,10-11,13-14H2. The second-order valence-corrected chi connectivity index (χ2v) is 6.75. The summed E-state index contributed by atoms with van der Waals surface area (Å²) in [7, 11) is 0. The highest BCUT2D eigenvalue weighted by atomic mass is 35.5. The maximum atomic E-state index is 13.8. The van der Waals surface area contributed by atoms with Gasteiger partial charge in [0.15, 0.2) is 11.5 Å². The van der Waals surface area contributed by atoms with Crippen LogP contribution in [0.25, 0.3) is 0 Å². The van der Waals surface area contributed by atoms with E-state index in [2.05, 4.69) is 5.32 Å². The number of anilines is 1. The summed E-state index contributed by atoms with van der Waals surface area (Å²) in [6.45, 7) is 1.88. The Morgan fingerprint density at radius 2 is 1.75 bits per heavy atom. The Hall–Kier alpha value is -2.92. The van der Waals surface area contributed by atoms with E-state index in [1.54, 1.807) is 12.1 Å². The summed E-state index contributed by atoms with van der Waals surface area (Å²) in [5, 5.41) is 3.72.